The Morgan fingerprint density at radius 1 is 1.25 bits per heavy atom. The SMILES string of the molecule is N.[S]=[Re]=[S]. The summed E-state index contributed by atoms with van der Waals surface area (Å²) in [5.41, 5.74) is 0. The van der Waals surface area contributed by atoms with Crippen LogP contribution in [0, 0.1) is 0 Å². The second kappa shape index (κ2) is 8.96. The number of hydrogen-bond acceptors (Lipinski definition) is 3. The van der Waals surface area contributed by atoms with E-state index in [2.05, 4.69) is 19.9 Å². The molecule has 27 valence electrons. The molecule has 0 aliphatic rings. The van der Waals surface area contributed by atoms with Crippen LogP contribution in [0.5, 0.6) is 0 Å². The van der Waals surface area contributed by atoms with Crippen molar-refractivity contribution in [3.63, 3.8) is 0 Å². The molecule has 0 fully saturated rings. The first kappa shape index (κ1) is 8.91. The molecule has 0 amide bonds. The summed E-state index contributed by atoms with van der Waals surface area (Å²) in [6.07, 6.45) is 0. The van der Waals surface area contributed by atoms with Gasteiger partial charge in [0.1, 0.15) is 0 Å². The van der Waals surface area contributed by atoms with Crippen LogP contribution in [0.4, 0.5) is 0 Å². The van der Waals surface area contributed by atoms with Gasteiger partial charge in [-0.1, -0.05) is 0 Å². The monoisotopic (exact) mass is 268 g/mol. The zero-order valence-corrected chi connectivity index (χ0v) is 6.25. The van der Waals surface area contributed by atoms with Crippen molar-refractivity contribution in [3.05, 3.63) is 0 Å². The Morgan fingerprint density at radius 3 is 1.25 bits per heavy atom. The van der Waals surface area contributed by atoms with E-state index in [1.54, 1.807) is 0 Å². The van der Waals surface area contributed by atoms with Crippen molar-refractivity contribution in [3.8, 4) is 0 Å². The van der Waals surface area contributed by atoms with E-state index in [9.17, 15) is 0 Å². The molecule has 0 rings (SSSR count). The van der Waals surface area contributed by atoms with Crippen LogP contribution in [0.25, 0.3) is 0 Å². The first-order valence-corrected chi connectivity index (χ1v) is 7.58. The van der Waals surface area contributed by atoms with Crippen LogP contribution in [0.1, 0.15) is 0 Å². The normalized spacial score (nSPS) is 3.00. The summed E-state index contributed by atoms with van der Waals surface area (Å²) in [4.78, 5) is 0. The third-order valence-electron chi connectivity index (χ3n) is 0. The molecule has 0 unspecified atom stereocenters. The molecule has 0 saturated carbocycles. The molecule has 0 heterocycles. The molecule has 0 radical (unpaired) electrons. The fourth-order valence-electron chi connectivity index (χ4n) is 0. The second-order valence-electron chi connectivity index (χ2n) is 0.0630. The Kier molecular flexibility index (Phi) is 19.9. The quantitative estimate of drug-likeness (QED) is 0.721. The minimum atomic E-state index is -0.500. The van der Waals surface area contributed by atoms with Crippen LogP contribution in [0.3, 0.4) is 0 Å². The molecule has 4 heteroatoms. The molecule has 0 aliphatic carbocycles. The zero-order chi connectivity index (χ0) is 2.71. The summed E-state index contributed by atoms with van der Waals surface area (Å²) >= 11 is -0.500. The molecule has 0 aromatic carbocycles. The van der Waals surface area contributed by atoms with Crippen molar-refractivity contribution < 1.29 is 14.4 Å². The Balaban J connectivity index is 0. The van der Waals surface area contributed by atoms with Crippen LogP contribution in [-0.2, 0) is 14.4 Å². The fourth-order valence-corrected chi connectivity index (χ4v) is 0. The van der Waals surface area contributed by atoms with E-state index >= 15 is 0 Å². The van der Waals surface area contributed by atoms with E-state index in [0.717, 1.165) is 0 Å². The average molecular weight is 267 g/mol. The predicted molar refractivity (Wildman–Crippen MR) is 20.2 cm³/mol. The Morgan fingerprint density at radius 2 is 1.25 bits per heavy atom. The van der Waals surface area contributed by atoms with Gasteiger partial charge in [-0.3, -0.25) is 0 Å². The Hall–Kier alpha value is 1.06. The third kappa shape index (κ3) is 11.5. The van der Waals surface area contributed by atoms with Crippen LogP contribution in [-0.4, -0.2) is 0 Å². The fraction of sp³-hybridized carbons (Fsp3) is 0. The van der Waals surface area contributed by atoms with Crippen LogP contribution in [0.2, 0.25) is 0 Å². The van der Waals surface area contributed by atoms with Gasteiger partial charge in [-0.15, -0.1) is 0 Å². The van der Waals surface area contributed by atoms with E-state index in [0.29, 0.717) is 0 Å². The molecule has 0 saturated heterocycles. The molecule has 0 aromatic rings. The molecule has 0 atom stereocenters. The molecule has 0 bridgehead atoms. The minimum absolute atomic E-state index is 0. The average Bonchev–Trinajstić information content (AvgIpc) is 0.918. The summed E-state index contributed by atoms with van der Waals surface area (Å²) in [5.74, 6) is 0. The van der Waals surface area contributed by atoms with E-state index < -0.39 is 14.4 Å². The maximum atomic E-state index is 4.36. The topological polar surface area (TPSA) is 35.0 Å². The van der Waals surface area contributed by atoms with Crippen molar-refractivity contribution in [2.24, 2.45) is 0 Å². The summed E-state index contributed by atoms with van der Waals surface area (Å²) in [6.45, 7) is 0. The molecule has 0 aromatic heterocycles. The van der Waals surface area contributed by atoms with Crippen LogP contribution in [0.15, 0.2) is 0 Å². The third-order valence-corrected chi connectivity index (χ3v) is 0. The Labute approximate surface area is 40.5 Å². The first-order chi connectivity index (χ1) is 1.41. The van der Waals surface area contributed by atoms with Crippen molar-refractivity contribution >= 4 is 19.9 Å². The molecule has 0 aliphatic heterocycles. The van der Waals surface area contributed by atoms with E-state index in [-0.39, 0.29) is 6.15 Å². The molecule has 3 N–H and O–H groups in total. The molecule has 1 nitrogen and oxygen atoms in total. The summed E-state index contributed by atoms with van der Waals surface area (Å²) in [5, 5.41) is 0. The number of rotatable bonds is 0. The van der Waals surface area contributed by atoms with Crippen molar-refractivity contribution in [1.29, 1.82) is 0 Å². The van der Waals surface area contributed by atoms with Gasteiger partial charge in [-0.25, -0.2) is 0 Å². The molecule has 4 heavy (non-hydrogen) atoms. The van der Waals surface area contributed by atoms with Gasteiger partial charge in [0, 0.05) is 0 Å². The van der Waals surface area contributed by atoms with Gasteiger partial charge in [-0.05, 0) is 0 Å². The summed E-state index contributed by atoms with van der Waals surface area (Å²) in [6, 6.07) is 0. The molecule has 0 spiro atoms. The number of hydrogen-bond donors (Lipinski definition) is 1. The van der Waals surface area contributed by atoms with Gasteiger partial charge in [0.25, 0.3) is 0 Å². The van der Waals surface area contributed by atoms with Crippen molar-refractivity contribution in [2.75, 3.05) is 0 Å². The second-order valence-corrected chi connectivity index (χ2v) is 4.64. The van der Waals surface area contributed by atoms with Crippen molar-refractivity contribution in [2.45, 2.75) is 0 Å². The van der Waals surface area contributed by atoms with Crippen molar-refractivity contribution in [1.82, 2.24) is 6.15 Å². The predicted octanol–water partition coefficient (Wildman–Crippen LogP) is 1.46. The van der Waals surface area contributed by atoms with E-state index in [1.807, 2.05) is 0 Å². The van der Waals surface area contributed by atoms with Gasteiger partial charge in [0.05, 0.1) is 0 Å². The molecular formula is H3NReS2. The van der Waals surface area contributed by atoms with Gasteiger partial charge in [0.2, 0.25) is 0 Å². The maximum absolute atomic E-state index is 4.36. The Bertz CT molecular complexity index is 27.0. The van der Waals surface area contributed by atoms with E-state index in [4.69, 9.17) is 0 Å². The van der Waals surface area contributed by atoms with Gasteiger partial charge >= 0.3 is 34.3 Å². The van der Waals surface area contributed by atoms with Gasteiger partial charge in [-0.2, -0.15) is 0 Å². The van der Waals surface area contributed by atoms with E-state index in [1.165, 1.54) is 0 Å². The van der Waals surface area contributed by atoms with Gasteiger partial charge in [0.15, 0.2) is 0 Å². The molecular weight excluding hydrogens is 264 g/mol. The van der Waals surface area contributed by atoms with Gasteiger partial charge < -0.3 is 6.15 Å². The summed E-state index contributed by atoms with van der Waals surface area (Å²) < 4.78 is 0. The summed E-state index contributed by atoms with van der Waals surface area (Å²) in [7, 11) is 8.72. The van der Waals surface area contributed by atoms with Crippen LogP contribution >= 0.6 is 19.9 Å². The zero-order valence-electron chi connectivity index (χ0n) is 1.90. The standard InChI is InChI=1S/H3N.Re.2S/h1H3;;;. The van der Waals surface area contributed by atoms with Crippen LogP contribution < -0.4 is 6.15 Å². The first-order valence-electron chi connectivity index (χ1n) is 0.309.